The molecule has 1 atom stereocenters. The predicted octanol–water partition coefficient (Wildman–Crippen LogP) is 4.45. The summed E-state index contributed by atoms with van der Waals surface area (Å²) in [6.45, 7) is 3.46. The summed E-state index contributed by atoms with van der Waals surface area (Å²) in [6, 6.07) is 8.58. The van der Waals surface area contributed by atoms with Crippen LogP contribution in [0.25, 0.3) is 0 Å². The van der Waals surface area contributed by atoms with E-state index in [0.29, 0.717) is 22.6 Å². The van der Waals surface area contributed by atoms with Crippen LogP contribution in [0.1, 0.15) is 29.7 Å². The van der Waals surface area contributed by atoms with Crippen LogP contribution in [0.3, 0.4) is 0 Å². The number of nitrogens with one attached hydrogen (secondary N) is 1. The Bertz CT molecular complexity index is 1100. The van der Waals surface area contributed by atoms with Gasteiger partial charge in [0.2, 0.25) is 0 Å². The number of hydrogen-bond acceptors (Lipinski definition) is 7. The zero-order valence-corrected chi connectivity index (χ0v) is 18.3. The topological polar surface area (TPSA) is 88.1 Å². The monoisotopic (exact) mass is 455 g/mol. The maximum atomic E-state index is 14.0. The van der Waals surface area contributed by atoms with Crippen molar-refractivity contribution in [2.75, 3.05) is 35.2 Å². The largest absolute Gasteiger partial charge is 0.486 e. The van der Waals surface area contributed by atoms with Gasteiger partial charge in [0.05, 0.1) is 23.7 Å². The zero-order chi connectivity index (χ0) is 22.7. The average Bonchev–Trinajstić information content (AvgIpc) is 2.80. The molecular weight excluding hydrogens is 432 g/mol. The second-order valence-corrected chi connectivity index (χ2v) is 8.63. The van der Waals surface area contributed by atoms with E-state index < -0.39 is 17.7 Å². The molecular formula is C23H23F2N5OS. The number of nitrogen functional groups attached to an aromatic ring is 1. The third-order valence-electron chi connectivity index (χ3n) is 5.28. The lowest BCUT2D eigenvalue weighted by atomic mass is 10.0. The van der Waals surface area contributed by atoms with E-state index in [1.165, 1.54) is 0 Å². The first-order valence-corrected chi connectivity index (χ1v) is 11.3. The Morgan fingerprint density at radius 3 is 2.50 bits per heavy atom. The van der Waals surface area contributed by atoms with Crippen LogP contribution in [0.2, 0.25) is 0 Å². The average molecular weight is 456 g/mol. The van der Waals surface area contributed by atoms with Crippen LogP contribution in [0.4, 0.5) is 20.3 Å². The Kier molecular flexibility index (Phi) is 6.55. The Balaban J connectivity index is 1.54. The molecule has 0 radical (unpaired) electrons. The SMILES string of the molecule is CC(Oc1ccc(N)c(C(=N)c2ccc(N3CCSCC3)nc2)c1)c1c(F)cncc1F. The van der Waals surface area contributed by atoms with E-state index in [9.17, 15) is 8.78 Å². The van der Waals surface area contributed by atoms with Crippen LogP contribution in [-0.4, -0.2) is 40.3 Å². The van der Waals surface area contributed by atoms with Gasteiger partial charge in [-0.1, -0.05) is 0 Å². The van der Waals surface area contributed by atoms with Crippen molar-refractivity contribution < 1.29 is 13.5 Å². The fourth-order valence-electron chi connectivity index (χ4n) is 3.57. The Morgan fingerprint density at radius 1 is 1.12 bits per heavy atom. The third-order valence-corrected chi connectivity index (χ3v) is 6.22. The summed E-state index contributed by atoms with van der Waals surface area (Å²) >= 11 is 1.93. The summed E-state index contributed by atoms with van der Waals surface area (Å²) in [4.78, 5) is 10.2. The Morgan fingerprint density at radius 2 is 1.84 bits per heavy atom. The van der Waals surface area contributed by atoms with Crippen molar-refractivity contribution >= 4 is 29.0 Å². The molecule has 0 saturated carbocycles. The molecule has 4 rings (SSSR count). The second kappa shape index (κ2) is 9.52. The van der Waals surface area contributed by atoms with E-state index >= 15 is 0 Å². The number of rotatable bonds is 6. The lowest BCUT2D eigenvalue weighted by molar-refractivity contribution is 0.215. The molecule has 1 aliphatic rings. The lowest BCUT2D eigenvalue weighted by Crippen LogP contribution is -2.33. The first-order valence-electron chi connectivity index (χ1n) is 10.2. The maximum absolute atomic E-state index is 14.0. The van der Waals surface area contributed by atoms with E-state index in [-0.39, 0.29) is 11.3 Å². The molecule has 3 aromatic rings. The number of anilines is 2. The van der Waals surface area contributed by atoms with Gasteiger partial charge in [-0.2, -0.15) is 11.8 Å². The smallest absolute Gasteiger partial charge is 0.151 e. The van der Waals surface area contributed by atoms with Gasteiger partial charge in [0.15, 0.2) is 11.6 Å². The minimum Gasteiger partial charge on any atom is -0.486 e. The number of ether oxygens (including phenoxy) is 1. The summed E-state index contributed by atoms with van der Waals surface area (Å²) < 4.78 is 33.8. The molecule has 32 heavy (non-hydrogen) atoms. The van der Waals surface area contributed by atoms with Gasteiger partial charge in [-0.05, 0) is 37.3 Å². The Hall–Kier alpha value is -3.20. The fourth-order valence-corrected chi connectivity index (χ4v) is 4.47. The van der Waals surface area contributed by atoms with Crippen molar-refractivity contribution in [3.63, 3.8) is 0 Å². The molecule has 1 aromatic carbocycles. The molecule has 166 valence electrons. The highest BCUT2D eigenvalue weighted by Gasteiger charge is 2.19. The standard InChI is InChI=1S/C23H23F2N5OS/c1-14(22-18(24)12-28-13-19(22)25)31-16-3-4-20(26)17(10-16)23(27)15-2-5-21(29-11-15)30-6-8-32-9-7-30/h2-5,10-14,27H,6-9,26H2,1H3. The zero-order valence-electron chi connectivity index (χ0n) is 17.5. The second-order valence-electron chi connectivity index (χ2n) is 7.41. The van der Waals surface area contributed by atoms with Gasteiger partial charge in [-0.15, -0.1) is 0 Å². The van der Waals surface area contributed by atoms with Gasteiger partial charge < -0.3 is 15.4 Å². The van der Waals surface area contributed by atoms with Crippen LogP contribution >= 0.6 is 11.8 Å². The minimum absolute atomic E-state index is 0.190. The van der Waals surface area contributed by atoms with Crippen molar-refractivity contribution in [2.45, 2.75) is 13.0 Å². The molecule has 0 bridgehead atoms. The molecule has 9 heteroatoms. The van der Waals surface area contributed by atoms with Crippen LogP contribution in [-0.2, 0) is 0 Å². The normalized spacial score (nSPS) is 14.8. The van der Waals surface area contributed by atoms with Crippen molar-refractivity contribution in [1.82, 2.24) is 9.97 Å². The highest BCUT2D eigenvalue weighted by molar-refractivity contribution is 7.99. The molecule has 6 nitrogen and oxygen atoms in total. The molecule has 3 N–H and O–H groups in total. The minimum atomic E-state index is -0.896. The molecule has 0 amide bonds. The number of pyridine rings is 2. The summed E-state index contributed by atoms with van der Waals surface area (Å²) in [5.74, 6) is 1.83. The molecule has 3 heterocycles. The number of benzene rings is 1. The van der Waals surface area contributed by atoms with Crippen molar-refractivity contribution in [3.8, 4) is 5.75 Å². The molecule has 1 fully saturated rings. The van der Waals surface area contributed by atoms with E-state index in [4.69, 9.17) is 15.9 Å². The van der Waals surface area contributed by atoms with E-state index in [2.05, 4.69) is 14.9 Å². The number of nitrogens with two attached hydrogens (primary N) is 1. The van der Waals surface area contributed by atoms with Crippen molar-refractivity contribution in [1.29, 1.82) is 5.41 Å². The summed E-state index contributed by atoms with van der Waals surface area (Å²) in [7, 11) is 0. The number of thioether (sulfide) groups is 1. The quantitative estimate of drug-likeness (QED) is 0.422. The summed E-state index contributed by atoms with van der Waals surface area (Å²) in [6.07, 6.45) is 2.66. The highest BCUT2D eigenvalue weighted by Crippen LogP contribution is 2.29. The highest BCUT2D eigenvalue weighted by atomic mass is 32.2. The van der Waals surface area contributed by atoms with Gasteiger partial charge in [0.1, 0.15) is 17.7 Å². The maximum Gasteiger partial charge on any atom is 0.151 e. The van der Waals surface area contributed by atoms with Crippen LogP contribution in [0, 0.1) is 17.0 Å². The molecule has 0 aliphatic carbocycles. The molecule has 1 saturated heterocycles. The fraction of sp³-hybridized carbons (Fsp3) is 0.261. The number of halogens is 2. The summed E-state index contributed by atoms with van der Waals surface area (Å²) in [5.41, 5.74) is 7.56. The van der Waals surface area contributed by atoms with Crippen LogP contribution in [0.5, 0.6) is 5.75 Å². The number of hydrogen-bond donors (Lipinski definition) is 2. The predicted molar refractivity (Wildman–Crippen MR) is 124 cm³/mol. The van der Waals surface area contributed by atoms with E-state index in [0.717, 1.165) is 42.8 Å². The van der Waals surface area contributed by atoms with E-state index in [1.54, 1.807) is 31.3 Å². The molecule has 0 spiro atoms. The van der Waals surface area contributed by atoms with Crippen molar-refractivity contribution in [3.05, 3.63) is 77.2 Å². The lowest BCUT2D eigenvalue weighted by Gasteiger charge is -2.27. The number of aromatic nitrogens is 2. The molecule has 1 aliphatic heterocycles. The van der Waals surface area contributed by atoms with Gasteiger partial charge in [0, 0.05) is 47.6 Å². The molecule has 2 aromatic heterocycles. The first kappa shape index (κ1) is 22.0. The van der Waals surface area contributed by atoms with Gasteiger partial charge in [-0.3, -0.25) is 10.4 Å². The van der Waals surface area contributed by atoms with Gasteiger partial charge >= 0.3 is 0 Å². The van der Waals surface area contributed by atoms with Crippen LogP contribution in [0.15, 0.2) is 48.9 Å². The van der Waals surface area contributed by atoms with Crippen molar-refractivity contribution in [2.24, 2.45) is 0 Å². The van der Waals surface area contributed by atoms with Gasteiger partial charge in [0.25, 0.3) is 0 Å². The summed E-state index contributed by atoms with van der Waals surface area (Å²) in [5, 5.41) is 8.62. The van der Waals surface area contributed by atoms with Crippen LogP contribution < -0.4 is 15.4 Å². The van der Waals surface area contributed by atoms with Gasteiger partial charge in [-0.25, -0.2) is 13.8 Å². The molecule has 1 unspecified atom stereocenters. The third kappa shape index (κ3) is 4.67. The Labute approximate surface area is 189 Å². The first-order chi connectivity index (χ1) is 15.4. The van der Waals surface area contributed by atoms with E-state index in [1.807, 2.05) is 23.9 Å². The number of nitrogens with zero attached hydrogens (tertiary/aromatic N) is 3.